The van der Waals surface area contributed by atoms with Crippen molar-refractivity contribution in [1.29, 1.82) is 0 Å². The fraction of sp³-hybridized carbons (Fsp3) is 0.333. The minimum Gasteiger partial charge on any atom is -0.479 e. The van der Waals surface area contributed by atoms with E-state index in [0.29, 0.717) is 6.42 Å². The minimum absolute atomic E-state index is 0.329. The molecule has 0 heterocycles. The number of benzene rings is 1. The zero-order valence-corrected chi connectivity index (χ0v) is 9.55. The van der Waals surface area contributed by atoms with E-state index in [9.17, 15) is 9.59 Å². The van der Waals surface area contributed by atoms with Crippen LogP contribution in [0.1, 0.15) is 24.8 Å². The Morgan fingerprint density at radius 1 is 1.35 bits per heavy atom. The van der Waals surface area contributed by atoms with Gasteiger partial charge in [0.25, 0.3) is 5.91 Å². The third-order valence-electron chi connectivity index (χ3n) is 2.30. The lowest BCUT2D eigenvalue weighted by Gasteiger charge is -2.14. The summed E-state index contributed by atoms with van der Waals surface area (Å²) < 4.78 is 0. The summed E-state index contributed by atoms with van der Waals surface area (Å²) in [6.07, 6.45) is 0.617. The quantitative estimate of drug-likeness (QED) is 0.731. The number of carboxylic acid groups (broad SMARTS) is 1. The van der Waals surface area contributed by atoms with Crippen LogP contribution in [0, 0.1) is 0 Å². The average molecular weight is 237 g/mol. The zero-order chi connectivity index (χ0) is 12.7. The number of carboxylic acids is 1. The molecule has 0 radical (unpaired) electrons. The standard InChI is InChI=1S/C12H15NO4/c1-2-10(9-6-4-3-5-7-9)12(16)13-17-8-11(14)15/h3-7,10H,2,8H2,1H3,(H,13,16)(H,14,15). The highest BCUT2D eigenvalue weighted by Gasteiger charge is 2.18. The van der Waals surface area contributed by atoms with E-state index < -0.39 is 12.6 Å². The molecule has 2 N–H and O–H groups in total. The molecule has 1 atom stereocenters. The Morgan fingerprint density at radius 2 is 2.00 bits per heavy atom. The van der Waals surface area contributed by atoms with Crippen LogP contribution in [0.4, 0.5) is 0 Å². The lowest BCUT2D eigenvalue weighted by molar-refractivity contribution is -0.149. The first-order valence-corrected chi connectivity index (χ1v) is 5.33. The molecule has 1 aromatic carbocycles. The van der Waals surface area contributed by atoms with Crippen LogP contribution >= 0.6 is 0 Å². The van der Waals surface area contributed by atoms with Crippen LogP contribution in [0.25, 0.3) is 0 Å². The van der Waals surface area contributed by atoms with Crippen molar-refractivity contribution >= 4 is 11.9 Å². The summed E-state index contributed by atoms with van der Waals surface area (Å²) in [6, 6.07) is 9.28. The number of hydroxylamine groups is 1. The molecule has 0 aliphatic heterocycles. The molecule has 0 spiro atoms. The fourth-order valence-corrected chi connectivity index (χ4v) is 1.50. The second-order valence-electron chi connectivity index (χ2n) is 3.52. The monoisotopic (exact) mass is 237 g/mol. The Kier molecular flexibility index (Phi) is 5.16. The summed E-state index contributed by atoms with van der Waals surface area (Å²) in [6.45, 7) is 1.34. The maximum Gasteiger partial charge on any atom is 0.332 e. The molecule has 1 aromatic rings. The van der Waals surface area contributed by atoms with Gasteiger partial charge in [0, 0.05) is 0 Å². The molecule has 5 heteroatoms. The molecular weight excluding hydrogens is 222 g/mol. The van der Waals surface area contributed by atoms with Gasteiger partial charge in [-0.1, -0.05) is 37.3 Å². The number of carbonyl (C=O) groups is 2. The fourth-order valence-electron chi connectivity index (χ4n) is 1.50. The van der Waals surface area contributed by atoms with Crippen LogP contribution in [-0.4, -0.2) is 23.6 Å². The van der Waals surface area contributed by atoms with Crippen molar-refractivity contribution in [2.45, 2.75) is 19.3 Å². The largest absolute Gasteiger partial charge is 0.479 e. The van der Waals surface area contributed by atoms with Gasteiger partial charge in [-0.05, 0) is 12.0 Å². The lowest BCUT2D eigenvalue weighted by Crippen LogP contribution is -2.31. The third-order valence-corrected chi connectivity index (χ3v) is 2.30. The Hall–Kier alpha value is -1.88. The predicted octanol–water partition coefficient (Wildman–Crippen LogP) is 1.31. The van der Waals surface area contributed by atoms with E-state index in [4.69, 9.17) is 5.11 Å². The van der Waals surface area contributed by atoms with Gasteiger partial charge in [-0.15, -0.1) is 0 Å². The second-order valence-corrected chi connectivity index (χ2v) is 3.52. The second kappa shape index (κ2) is 6.65. The highest BCUT2D eigenvalue weighted by Crippen LogP contribution is 2.18. The summed E-state index contributed by atoms with van der Waals surface area (Å²) in [4.78, 5) is 26.5. The van der Waals surface area contributed by atoms with Crippen LogP contribution in [-0.2, 0) is 14.4 Å². The van der Waals surface area contributed by atoms with Crippen LogP contribution in [0.3, 0.4) is 0 Å². The van der Waals surface area contributed by atoms with Crippen molar-refractivity contribution in [1.82, 2.24) is 5.48 Å². The molecule has 5 nitrogen and oxygen atoms in total. The van der Waals surface area contributed by atoms with E-state index in [1.54, 1.807) is 0 Å². The molecular formula is C12H15NO4. The van der Waals surface area contributed by atoms with Gasteiger partial charge in [0.2, 0.25) is 0 Å². The van der Waals surface area contributed by atoms with E-state index in [1.807, 2.05) is 37.3 Å². The van der Waals surface area contributed by atoms with Gasteiger partial charge >= 0.3 is 5.97 Å². The molecule has 17 heavy (non-hydrogen) atoms. The van der Waals surface area contributed by atoms with Gasteiger partial charge in [-0.3, -0.25) is 9.63 Å². The average Bonchev–Trinajstić information content (AvgIpc) is 2.31. The van der Waals surface area contributed by atoms with Gasteiger partial charge < -0.3 is 5.11 Å². The van der Waals surface area contributed by atoms with Crippen molar-refractivity contribution in [3.8, 4) is 0 Å². The molecule has 1 unspecified atom stereocenters. The molecule has 92 valence electrons. The number of nitrogens with one attached hydrogen (secondary N) is 1. The van der Waals surface area contributed by atoms with E-state index >= 15 is 0 Å². The molecule has 1 amide bonds. The summed E-state index contributed by atoms with van der Waals surface area (Å²) in [7, 11) is 0. The van der Waals surface area contributed by atoms with Gasteiger partial charge in [0.1, 0.15) is 0 Å². The Balaban J connectivity index is 2.56. The summed E-state index contributed by atoms with van der Waals surface area (Å²) in [5.74, 6) is -1.79. The summed E-state index contributed by atoms with van der Waals surface area (Å²) >= 11 is 0. The number of carbonyl (C=O) groups excluding carboxylic acids is 1. The number of rotatable bonds is 6. The van der Waals surface area contributed by atoms with E-state index in [2.05, 4.69) is 10.3 Å². The van der Waals surface area contributed by atoms with Crippen molar-refractivity contribution in [3.05, 3.63) is 35.9 Å². The van der Waals surface area contributed by atoms with Crippen LogP contribution < -0.4 is 5.48 Å². The molecule has 0 saturated carbocycles. The van der Waals surface area contributed by atoms with E-state index in [1.165, 1.54) is 0 Å². The molecule has 0 fully saturated rings. The van der Waals surface area contributed by atoms with Crippen molar-refractivity contribution in [2.75, 3.05) is 6.61 Å². The van der Waals surface area contributed by atoms with Crippen molar-refractivity contribution in [3.63, 3.8) is 0 Å². The Bertz CT molecular complexity index is 377. The van der Waals surface area contributed by atoms with Gasteiger partial charge in [0.15, 0.2) is 6.61 Å². The molecule has 0 aliphatic rings. The van der Waals surface area contributed by atoms with Crippen molar-refractivity contribution < 1.29 is 19.5 Å². The minimum atomic E-state index is -1.13. The van der Waals surface area contributed by atoms with Crippen LogP contribution in [0.15, 0.2) is 30.3 Å². The predicted molar refractivity (Wildman–Crippen MR) is 61.2 cm³/mol. The lowest BCUT2D eigenvalue weighted by atomic mass is 9.96. The third kappa shape index (κ3) is 4.24. The number of hydrogen-bond acceptors (Lipinski definition) is 3. The van der Waals surface area contributed by atoms with E-state index in [0.717, 1.165) is 5.56 Å². The number of amides is 1. The van der Waals surface area contributed by atoms with Gasteiger partial charge in [0.05, 0.1) is 5.92 Å². The normalized spacial score (nSPS) is 11.8. The number of aliphatic carboxylic acids is 1. The molecule has 1 rings (SSSR count). The first kappa shape index (κ1) is 13.2. The topological polar surface area (TPSA) is 75.6 Å². The first-order valence-electron chi connectivity index (χ1n) is 5.33. The van der Waals surface area contributed by atoms with Crippen molar-refractivity contribution in [2.24, 2.45) is 0 Å². The Morgan fingerprint density at radius 3 is 2.53 bits per heavy atom. The highest BCUT2D eigenvalue weighted by atomic mass is 16.7. The van der Waals surface area contributed by atoms with Crippen LogP contribution in [0.5, 0.6) is 0 Å². The zero-order valence-electron chi connectivity index (χ0n) is 9.55. The maximum atomic E-state index is 11.7. The van der Waals surface area contributed by atoms with E-state index in [-0.39, 0.29) is 11.8 Å². The molecule has 0 aromatic heterocycles. The SMILES string of the molecule is CCC(C(=O)NOCC(=O)O)c1ccccc1. The highest BCUT2D eigenvalue weighted by molar-refractivity contribution is 5.82. The van der Waals surface area contributed by atoms with Crippen LogP contribution in [0.2, 0.25) is 0 Å². The molecule has 0 aliphatic carbocycles. The summed E-state index contributed by atoms with van der Waals surface area (Å²) in [5, 5.41) is 8.36. The summed E-state index contributed by atoms with van der Waals surface area (Å²) in [5.41, 5.74) is 3.02. The molecule has 0 bridgehead atoms. The molecule has 0 saturated heterocycles. The first-order chi connectivity index (χ1) is 8.15. The number of hydrogen-bond donors (Lipinski definition) is 2. The van der Waals surface area contributed by atoms with Gasteiger partial charge in [-0.25, -0.2) is 10.3 Å². The van der Waals surface area contributed by atoms with Gasteiger partial charge in [-0.2, -0.15) is 0 Å². The smallest absolute Gasteiger partial charge is 0.332 e. The Labute approximate surface area is 99.4 Å². The maximum absolute atomic E-state index is 11.7.